The van der Waals surface area contributed by atoms with Gasteiger partial charge in [-0.3, -0.25) is 0 Å². The maximum absolute atomic E-state index is 5.70. The van der Waals surface area contributed by atoms with Crippen molar-refractivity contribution >= 4 is 0 Å². The summed E-state index contributed by atoms with van der Waals surface area (Å²) in [5, 5.41) is 0. The molecule has 2 aromatic rings. The van der Waals surface area contributed by atoms with Crippen LogP contribution in [0.25, 0.3) is 11.1 Å². The van der Waals surface area contributed by atoms with Crippen molar-refractivity contribution in [2.75, 3.05) is 6.61 Å². The lowest BCUT2D eigenvalue weighted by atomic mass is 10.1. The van der Waals surface area contributed by atoms with E-state index in [0.717, 1.165) is 36.3 Å². The number of benzene rings is 1. The molecule has 3 heteroatoms. The third-order valence-corrected chi connectivity index (χ3v) is 3.31. The minimum atomic E-state index is -0.0703. The highest BCUT2D eigenvalue weighted by molar-refractivity contribution is 5.62. The Hall–Kier alpha value is -1.58. The van der Waals surface area contributed by atoms with Crippen molar-refractivity contribution in [3.63, 3.8) is 0 Å². The van der Waals surface area contributed by atoms with Crippen molar-refractivity contribution in [2.45, 2.75) is 32.2 Å². The van der Waals surface area contributed by atoms with E-state index in [1.54, 1.807) is 6.26 Å². The van der Waals surface area contributed by atoms with E-state index >= 15 is 0 Å². The van der Waals surface area contributed by atoms with Gasteiger partial charge in [-0.2, -0.15) is 0 Å². The monoisotopic (exact) mass is 258 g/mol. The number of hydrogen-bond donors (Lipinski definition) is 0. The molecule has 0 aliphatic carbocycles. The fourth-order valence-corrected chi connectivity index (χ4v) is 2.26. The Morgan fingerprint density at radius 1 is 1.11 bits per heavy atom. The molecule has 0 bridgehead atoms. The summed E-state index contributed by atoms with van der Waals surface area (Å²) in [5.74, 6) is 0.841. The summed E-state index contributed by atoms with van der Waals surface area (Å²) in [4.78, 5) is 0. The van der Waals surface area contributed by atoms with Crippen LogP contribution < -0.4 is 0 Å². The maximum Gasteiger partial charge on any atom is 0.158 e. The second-order valence-electron chi connectivity index (χ2n) is 4.77. The number of furan rings is 1. The average molecular weight is 258 g/mol. The highest BCUT2D eigenvalue weighted by atomic mass is 16.7. The van der Waals surface area contributed by atoms with Gasteiger partial charge in [-0.1, -0.05) is 30.3 Å². The maximum atomic E-state index is 5.70. The molecule has 1 aliphatic rings. The van der Waals surface area contributed by atoms with E-state index in [-0.39, 0.29) is 6.29 Å². The standard InChI is InChI=1S/C16H18O3/c1-2-6-13(7-3-1)14-10-15(18-11-14)12-19-16-8-4-5-9-17-16/h1-3,6-7,10-11,16H,4-5,8-9,12H2. The van der Waals surface area contributed by atoms with Crippen LogP contribution in [-0.4, -0.2) is 12.9 Å². The molecule has 3 nitrogen and oxygen atoms in total. The smallest absolute Gasteiger partial charge is 0.158 e. The van der Waals surface area contributed by atoms with Crippen LogP contribution in [0.3, 0.4) is 0 Å². The lowest BCUT2D eigenvalue weighted by Crippen LogP contribution is -2.21. The molecule has 0 saturated carbocycles. The molecule has 1 fully saturated rings. The van der Waals surface area contributed by atoms with E-state index in [1.165, 1.54) is 6.42 Å². The Morgan fingerprint density at radius 2 is 2.00 bits per heavy atom. The van der Waals surface area contributed by atoms with Crippen LogP contribution in [0.2, 0.25) is 0 Å². The van der Waals surface area contributed by atoms with E-state index in [4.69, 9.17) is 13.9 Å². The molecule has 0 radical (unpaired) electrons. The van der Waals surface area contributed by atoms with Crippen LogP contribution in [0, 0.1) is 0 Å². The summed E-state index contributed by atoms with van der Waals surface area (Å²) in [5.41, 5.74) is 2.25. The lowest BCUT2D eigenvalue weighted by molar-refractivity contribution is -0.171. The zero-order valence-corrected chi connectivity index (χ0v) is 10.9. The molecule has 1 saturated heterocycles. The minimum Gasteiger partial charge on any atom is -0.466 e. The largest absolute Gasteiger partial charge is 0.466 e. The fraction of sp³-hybridized carbons (Fsp3) is 0.375. The van der Waals surface area contributed by atoms with Gasteiger partial charge in [-0.15, -0.1) is 0 Å². The van der Waals surface area contributed by atoms with E-state index in [0.29, 0.717) is 6.61 Å². The number of rotatable bonds is 4. The number of ether oxygens (including phenoxy) is 2. The Bertz CT molecular complexity index is 498. The summed E-state index contributed by atoms with van der Waals surface area (Å²) in [6.45, 7) is 1.27. The highest BCUT2D eigenvalue weighted by Crippen LogP contribution is 2.23. The van der Waals surface area contributed by atoms with Crippen LogP contribution in [0.5, 0.6) is 0 Å². The highest BCUT2D eigenvalue weighted by Gasteiger charge is 2.15. The third-order valence-electron chi connectivity index (χ3n) is 3.31. The van der Waals surface area contributed by atoms with Crippen LogP contribution in [-0.2, 0) is 16.1 Å². The third kappa shape index (κ3) is 3.25. The van der Waals surface area contributed by atoms with Gasteiger partial charge in [-0.25, -0.2) is 0 Å². The van der Waals surface area contributed by atoms with Gasteiger partial charge < -0.3 is 13.9 Å². The van der Waals surface area contributed by atoms with Crippen molar-refractivity contribution in [1.29, 1.82) is 0 Å². The normalized spacial score (nSPS) is 19.5. The Labute approximate surface area is 113 Å². The van der Waals surface area contributed by atoms with E-state index in [2.05, 4.69) is 12.1 Å². The molecule has 19 heavy (non-hydrogen) atoms. The molecule has 2 heterocycles. The van der Waals surface area contributed by atoms with Gasteiger partial charge >= 0.3 is 0 Å². The van der Waals surface area contributed by atoms with E-state index in [9.17, 15) is 0 Å². The first kappa shape index (κ1) is 12.5. The predicted molar refractivity (Wildman–Crippen MR) is 72.5 cm³/mol. The molecule has 0 spiro atoms. The minimum absolute atomic E-state index is 0.0703. The van der Waals surface area contributed by atoms with Gasteiger partial charge in [0.05, 0.1) is 6.26 Å². The van der Waals surface area contributed by atoms with Crippen molar-refractivity contribution < 1.29 is 13.9 Å². The zero-order chi connectivity index (χ0) is 12.9. The summed E-state index contributed by atoms with van der Waals surface area (Å²) in [6, 6.07) is 12.2. The van der Waals surface area contributed by atoms with Gasteiger partial charge in [0.2, 0.25) is 0 Å². The molecule has 0 N–H and O–H groups in total. The van der Waals surface area contributed by atoms with Gasteiger partial charge in [0.25, 0.3) is 0 Å². The molecule has 0 amide bonds. The molecular weight excluding hydrogens is 240 g/mol. The molecule has 3 rings (SSSR count). The quantitative estimate of drug-likeness (QED) is 0.831. The van der Waals surface area contributed by atoms with Gasteiger partial charge in [0.15, 0.2) is 6.29 Å². The van der Waals surface area contributed by atoms with Crippen molar-refractivity contribution in [3.05, 3.63) is 48.4 Å². The van der Waals surface area contributed by atoms with Crippen molar-refractivity contribution in [1.82, 2.24) is 0 Å². The predicted octanol–water partition coefficient (Wildman–Crippen LogP) is 3.99. The van der Waals surface area contributed by atoms with Crippen molar-refractivity contribution in [2.24, 2.45) is 0 Å². The van der Waals surface area contributed by atoms with Crippen LogP contribution in [0.15, 0.2) is 47.1 Å². The fourth-order valence-electron chi connectivity index (χ4n) is 2.26. The SMILES string of the molecule is c1ccc(-c2coc(COC3CCCCO3)c2)cc1. The first-order valence-electron chi connectivity index (χ1n) is 6.78. The summed E-state index contributed by atoms with van der Waals surface area (Å²) in [7, 11) is 0. The Balaban J connectivity index is 1.59. The summed E-state index contributed by atoms with van der Waals surface area (Å²) in [6.07, 6.45) is 5.00. The van der Waals surface area contributed by atoms with Crippen LogP contribution in [0.4, 0.5) is 0 Å². The molecule has 1 atom stereocenters. The summed E-state index contributed by atoms with van der Waals surface area (Å²) < 4.78 is 16.8. The summed E-state index contributed by atoms with van der Waals surface area (Å²) >= 11 is 0. The van der Waals surface area contributed by atoms with Gasteiger partial charge in [0, 0.05) is 12.2 Å². The second-order valence-corrected chi connectivity index (χ2v) is 4.77. The topological polar surface area (TPSA) is 31.6 Å². The van der Waals surface area contributed by atoms with Gasteiger partial charge in [0.1, 0.15) is 12.4 Å². The van der Waals surface area contributed by atoms with Gasteiger partial charge in [-0.05, 0) is 30.9 Å². The lowest BCUT2D eigenvalue weighted by Gasteiger charge is -2.22. The first-order valence-corrected chi connectivity index (χ1v) is 6.78. The van der Waals surface area contributed by atoms with Crippen LogP contribution in [0.1, 0.15) is 25.0 Å². The van der Waals surface area contributed by atoms with E-state index < -0.39 is 0 Å². The molecule has 1 aromatic carbocycles. The molecule has 1 aromatic heterocycles. The molecule has 100 valence electrons. The Kier molecular flexibility index (Phi) is 3.96. The van der Waals surface area contributed by atoms with Crippen LogP contribution >= 0.6 is 0 Å². The first-order chi connectivity index (χ1) is 9.42. The number of hydrogen-bond acceptors (Lipinski definition) is 3. The second kappa shape index (κ2) is 6.04. The molecule has 1 unspecified atom stereocenters. The average Bonchev–Trinajstić information content (AvgIpc) is 2.96. The molecule has 1 aliphatic heterocycles. The Morgan fingerprint density at radius 3 is 2.79 bits per heavy atom. The zero-order valence-electron chi connectivity index (χ0n) is 10.9. The van der Waals surface area contributed by atoms with E-state index in [1.807, 2.05) is 24.3 Å². The van der Waals surface area contributed by atoms with Crippen molar-refractivity contribution in [3.8, 4) is 11.1 Å². The molecular formula is C16H18O3.